The van der Waals surface area contributed by atoms with E-state index >= 15 is 13.2 Å². The number of halogens is 3. The first-order valence-corrected chi connectivity index (χ1v) is 25.9. The van der Waals surface area contributed by atoms with Gasteiger partial charge in [-0.05, 0) is 92.2 Å². The van der Waals surface area contributed by atoms with Crippen molar-refractivity contribution in [3.63, 3.8) is 0 Å². The Balaban J connectivity index is 0.804. The summed E-state index contributed by atoms with van der Waals surface area (Å²) in [5.41, 5.74) is 6.82. The lowest BCUT2D eigenvalue weighted by Crippen LogP contribution is -2.50. The van der Waals surface area contributed by atoms with Crippen LogP contribution in [0, 0.1) is 29.9 Å². The van der Waals surface area contributed by atoms with Crippen molar-refractivity contribution < 1.29 is 42.1 Å². The summed E-state index contributed by atoms with van der Waals surface area (Å²) in [6.07, 6.45) is 4.64. The molecule has 7 rings (SSSR count). The van der Waals surface area contributed by atoms with Gasteiger partial charge in [0.05, 0.1) is 34.8 Å². The van der Waals surface area contributed by atoms with Crippen LogP contribution in [0.15, 0.2) is 71.7 Å². The number of aromatic nitrogens is 1. The highest BCUT2D eigenvalue weighted by molar-refractivity contribution is 7.13. The molecule has 1 fully saturated rings. The van der Waals surface area contributed by atoms with Crippen molar-refractivity contribution in [3.8, 4) is 16.2 Å². The van der Waals surface area contributed by atoms with Gasteiger partial charge in [0.1, 0.15) is 34.9 Å². The predicted molar refractivity (Wildman–Crippen MR) is 269 cm³/mol. The number of alkyl halides is 1. The number of benzene rings is 3. The monoisotopic (exact) mass is 985 g/mol. The summed E-state index contributed by atoms with van der Waals surface area (Å²) < 4.78 is 58.9. The largest absolute Gasteiger partial charge is 0.493 e. The van der Waals surface area contributed by atoms with E-state index in [9.17, 15) is 19.5 Å². The van der Waals surface area contributed by atoms with Gasteiger partial charge in [0.25, 0.3) is 0 Å². The quantitative estimate of drug-likeness (QED) is 0.0747. The van der Waals surface area contributed by atoms with Gasteiger partial charge in [0.15, 0.2) is 0 Å². The number of nitrogens with zero attached hydrogens (tertiary/aromatic N) is 3. The number of carbonyl (C=O) groups is 3. The standard InChI is InChI=1S/C56H71F3N4O6S/c1-35-25-44-43-17-12-11-15-39(43)26-45(44)51(63(35)33-56(6,7)59)50-47(57)29-42(30-48(50)58)69-24-14-23-68-22-13-9-8-10-16-40(64)27-46(55(3,4)5)54(67)62-32-41(65)28-49(62)53(66)60-31-37-18-20-38(21-19-37)52-36(2)61-34-70-52/h11-12,15,17-21,29-30,34-35,41,46,49,51,65H,8-10,13-14,16,22-28,31-33H2,1-7H3,(H,60,66)/t35-,41-,46-,49+,51+/m1/s1. The van der Waals surface area contributed by atoms with Crippen LogP contribution in [0.1, 0.15) is 133 Å². The van der Waals surface area contributed by atoms with Crippen LogP contribution in [0.25, 0.3) is 16.0 Å². The number of aliphatic hydroxyl groups excluding tert-OH is 1. The van der Waals surface area contributed by atoms with Gasteiger partial charge < -0.3 is 24.8 Å². The number of aliphatic hydroxyl groups is 1. The molecule has 14 heteroatoms. The lowest BCUT2D eigenvalue weighted by atomic mass is 9.76. The Hall–Kier alpha value is -4.89. The molecule has 1 saturated heterocycles. The summed E-state index contributed by atoms with van der Waals surface area (Å²) in [6.45, 7) is 14.2. The van der Waals surface area contributed by atoms with Crippen molar-refractivity contribution in [1.29, 1.82) is 0 Å². The lowest BCUT2D eigenvalue weighted by molar-refractivity contribution is -0.146. The molecule has 3 heterocycles. The van der Waals surface area contributed by atoms with Crippen LogP contribution in [0.5, 0.6) is 5.75 Å². The zero-order valence-corrected chi connectivity index (χ0v) is 42.7. The number of thiazole rings is 1. The van der Waals surface area contributed by atoms with E-state index in [4.69, 9.17) is 9.47 Å². The van der Waals surface area contributed by atoms with Gasteiger partial charge in [0.2, 0.25) is 11.8 Å². The molecule has 378 valence electrons. The molecular weight excluding hydrogens is 914 g/mol. The average Bonchev–Trinajstić information content (AvgIpc) is 4.02. The average molecular weight is 985 g/mol. The second kappa shape index (κ2) is 23.1. The number of likely N-dealkylation sites (tertiary alicyclic amines) is 1. The first kappa shape index (κ1) is 52.9. The van der Waals surface area contributed by atoms with E-state index in [1.165, 1.54) is 30.9 Å². The maximum Gasteiger partial charge on any atom is 0.243 e. The van der Waals surface area contributed by atoms with Crippen molar-refractivity contribution >= 4 is 34.5 Å². The number of ketones is 1. The molecule has 0 unspecified atom stereocenters. The Labute approximate surface area is 416 Å². The summed E-state index contributed by atoms with van der Waals surface area (Å²) in [4.78, 5) is 49.6. The number of Topliss-reactive ketones (excluding diaryl/α,β-unsaturated/α-hetero) is 1. The van der Waals surface area contributed by atoms with Crippen molar-refractivity contribution in [2.24, 2.45) is 11.3 Å². The van der Waals surface area contributed by atoms with Crippen molar-refractivity contribution in [2.75, 3.05) is 32.9 Å². The third-order valence-corrected chi connectivity index (χ3v) is 15.0. The summed E-state index contributed by atoms with van der Waals surface area (Å²) >= 11 is 1.58. The number of hydrogen-bond donors (Lipinski definition) is 2. The fraction of sp³-hybridized carbons (Fsp3) is 0.536. The second-order valence-electron chi connectivity index (χ2n) is 21.2. The topological polar surface area (TPSA) is 121 Å². The molecule has 0 saturated carbocycles. The summed E-state index contributed by atoms with van der Waals surface area (Å²) in [5, 5.41) is 13.6. The Kier molecular flexibility index (Phi) is 17.5. The fourth-order valence-corrected chi connectivity index (χ4v) is 11.2. The number of rotatable bonds is 22. The molecular formula is C56H71F3N4O6S. The normalized spacial score (nSPS) is 19.8. The second-order valence-corrected chi connectivity index (χ2v) is 22.1. The molecule has 2 amide bonds. The summed E-state index contributed by atoms with van der Waals surface area (Å²) in [5.74, 6) is -2.60. The number of fused-ring (bicyclic) bond motifs is 2. The van der Waals surface area contributed by atoms with Crippen molar-refractivity contribution in [2.45, 2.75) is 149 Å². The number of nitrogens with one attached hydrogen (secondary N) is 1. The highest BCUT2D eigenvalue weighted by atomic mass is 32.1. The van der Waals surface area contributed by atoms with Crippen LogP contribution in [0.3, 0.4) is 0 Å². The molecule has 2 N–H and O–H groups in total. The van der Waals surface area contributed by atoms with Crippen LogP contribution in [-0.2, 0) is 32.1 Å². The molecule has 2 aliphatic heterocycles. The number of unbranched alkanes of at least 4 members (excludes halogenated alkanes) is 3. The number of carbonyl (C=O) groups excluding carboxylic acids is 3. The van der Waals surface area contributed by atoms with Crippen LogP contribution in [-0.4, -0.2) is 94.3 Å². The molecule has 70 heavy (non-hydrogen) atoms. The molecule has 1 aromatic heterocycles. The number of β-amino-alcohol motifs (C(OH)–C–C–N with tert-alkyl or cyclic N) is 1. The van der Waals surface area contributed by atoms with Crippen LogP contribution in [0.4, 0.5) is 13.2 Å². The van der Waals surface area contributed by atoms with E-state index in [1.807, 2.05) is 87.5 Å². The Bertz CT molecular complexity index is 2470. The Morgan fingerprint density at radius 1 is 0.943 bits per heavy atom. The Morgan fingerprint density at radius 2 is 1.64 bits per heavy atom. The van der Waals surface area contributed by atoms with E-state index in [1.54, 1.807) is 11.3 Å². The number of hydrogen-bond acceptors (Lipinski definition) is 9. The lowest BCUT2D eigenvalue weighted by Gasteiger charge is -2.44. The minimum absolute atomic E-state index is 0.00521. The molecule has 4 aromatic rings. The highest BCUT2D eigenvalue weighted by Crippen LogP contribution is 2.50. The van der Waals surface area contributed by atoms with E-state index in [-0.39, 0.29) is 74.0 Å². The molecule has 3 aliphatic rings. The number of ether oxygens (including phenoxy) is 2. The van der Waals surface area contributed by atoms with Crippen LogP contribution >= 0.6 is 11.3 Å². The predicted octanol–water partition coefficient (Wildman–Crippen LogP) is 10.9. The molecule has 1 aliphatic carbocycles. The molecule has 0 spiro atoms. The minimum Gasteiger partial charge on any atom is -0.493 e. The van der Waals surface area contributed by atoms with Gasteiger partial charge in [0, 0.05) is 88.2 Å². The van der Waals surface area contributed by atoms with Gasteiger partial charge >= 0.3 is 0 Å². The zero-order valence-electron chi connectivity index (χ0n) is 41.9. The summed E-state index contributed by atoms with van der Waals surface area (Å²) in [6, 6.07) is 16.7. The van der Waals surface area contributed by atoms with Crippen LogP contribution < -0.4 is 10.1 Å². The molecule has 0 radical (unpaired) electrons. The van der Waals surface area contributed by atoms with E-state index in [0.29, 0.717) is 45.3 Å². The van der Waals surface area contributed by atoms with E-state index in [0.717, 1.165) is 63.2 Å². The first-order chi connectivity index (χ1) is 33.3. The third kappa shape index (κ3) is 13.1. The van der Waals surface area contributed by atoms with Gasteiger partial charge in [-0.15, -0.1) is 11.3 Å². The van der Waals surface area contributed by atoms with E-state index < -0.39 is 46.8 Å². The van der Waals surface area contributed by atoms with Gasteiger partial charge in [-0.3, -0.25) is 19.3 Å². The highest BCUT2D eigenvalue weighted by Gasteiger charge is 2.45. The third-order valence-electron chi connectivity index (χ3n) is 14.0. The van der Waals surface area contributed by atoms with Gasteiger partial charge in [-0.2, -0.15) is 0 Å². The van der Waals surface area contributed by atoms with E-state index in [2.05, 4.69) is 16.4 Å². The smallest absolute Gasteiger partial charge is 0.243 e. The number of aryl methyl sites for hydroxylation is 1. The number of amides is 2. The maximum absolute atomic E-state index is 16.1. The van der Waals surface area contributed by atoms with Crippen LogP contribution in [0.2, 0.25) is 0 Å². The molecule has 3 aromatic carbocycles. The fourth-order valence-electron chi connectivity index (χ4n) is 10.3. The maximum atomic E-state index is 16.1. The van der Waals surface area contributed by atoms with Gasteiger partial charge in [-0.1, -0.05) is 82.1 Å². The zero-order chi connectivity index (χ0) is 50.3. The Morgan fingerprint density at radius 3 is 2.33 bits per heavy atom. The van der Waals surface area contributed by atoms with Gasteiger partial charge in [-0.25, -0.2) is 18.2 Å². The van der Waals surface area contributed by atoms with Crippen molar-refractivity contribution in [3.05, 3.63) is 111 Å². The first-order valence-electron chi connectivity index (χ1n) is 25.0. The summed E-state index contributed by atoms with van der Waals surface area (Å²) in [7, 11) is 0. The molecule has 10 nitrogen and oxygen atoms in total. The molecule has 0 bridgehead atoms. The SMILES string of the molecule is Cc1ncsc1-c1ccc(CNC(=O)[C@@H]2C[C@@H](O)CN2C(=O)[C@@H](CC(=O)CCCCCCOCCCOc2cc(F)c([C@@H]3C4=C(C[C@@H](C)N3CC(C)(C)F)c3ccccc3C4)c(F)c2)C(C)(C)C)cc1. The van der Waals surface area contributed by atoms with Crippen molar-refractivity contribution in [1.82, 2.24) is 20.1 Å². The molecule has 5 atom stereocenters. The minimum atomic E-state index is -1.57.